The van der Waals surface area contributed by atoms with Crippen LogP contribution in [0, 0.1) is 0 Å². The predicted molar refractivity (Wildman–Crippen MR) is 165 cm³/mol. The number of rotatable bonds is 21. The number of aliphatic hydroxyl groups excluding tert-OH is 3. The molecule has 0 saturated carbocycles. The van der Waals surface area contributed by atoms with Crippen LogP contribution >= 0.6 is 0 Å². The van der Waals surface area contributed by atoms with E-state index in [1.165, 1.54) is 44.9 Å². The number of nitrogens with zero attached hydrogens (tertiary/aromatic N) is 3. The SMILES string of the molecule is C=CC(=O)O.CCCCC/C=C\C/C=C\CCCCCCCC(=O)O.O=c1n(CCO)c(=O)n(CCO)c(=O)n1CCO. The van der Waals surface area contributed by atoms with Crippen molar-refractivity contribution in [3.8, 4) is 0 Å². The standard InChI is InChI=1S/C18H32O2.C9H15N3O6.C3H4O2/c1-2-3-4-5-6-7-8-9-10-11-12-13-14-15-16-17-18(19)20;13-4-1-10-7(16)11(2-5-14)9(18)12(3-6-15)8(10)17;1-2-3(4)5/h6-7,9-10H,2-5,8,11-17H2,1H3,(H,19,20);13-15H,1-6H2;2H,1H2,(H,4,5)/b7-6-,10-9-;;. The van der Waals surface area contributed by atoms with Gasteiger partial charge in [0.25, 0.3) is 0 Å². The van der Waals surface area contributed by atoms with Gasteiger partial charge in [-0.05, 0) is 38.5 Å². The van der Waals surface area contributed by atoms with Crippen molar-refractivity contribution in [1.82, 2.24) is 13.7 Å². The van der Waals surface area contributed by atoms with E-state index >= 15 is 0 Å². The fourth-order valence-corrected chi connectivity index (χ4v) is 3.64. The Morgan fingerprint density at radius 1 is 0.651 bits per heavy atom. The van der Waals surface area contributed by atoms with Gasteiger partial charge in [-0.3, -0.25) is 4.79 Å². The molecule has 1 aromatic heterocycles. The zero-order valence-corrected chi connectivity index (χ0v) is 25.4. The zero-order chi connectivity index (χ0) is 32.9. The molecule has 43 heavy (non-hydrogen) atoms. The minimum absolute atomic E-state index is 0.255. The van der Waals surface area contributed by atoms with Crippen molar-refractivity contribution < 1.29 is 35.1 Å². The molecule has 0 aliphatic heterocycles. The number of hydrogen-bond donors (Lipinski definition) is 5. The van der Waals surface area contributed by atoms with Gasteiger partial charge in [-0.1, -0.05) is 69.9 Å². The van der Waals surface area contributed by atoms with Gasteiger partial charge in [-0.25, -0.2) is 32.9 Å². The van der Waals surface area contributed by atoms with Crippen molar-refractivity contribution in [1.29, 1.82) is 0 Å². The molecule has 246 valence electrons. The van der Waals surface area contributed by atoms with Crippen LogP contribution in [-0.4, -0.2) is 71.0 Å². The van der Waals surface area contributed by atoms with E-state index in [0.29, 0.717) is 20.1 Å². The smallest absolute Gasteiger partial charge is 0.336 e. The van der Waals surface area contributed by atoms with Crippen LogP contribution in [0.3, 0.4) is 0 Å². The van der Waals surface area contributed by atoms with Gasteiger partial charge >= 0.3 is 29.0 Å². The number of aromatic nitrogens is 3. The Labute approximate surface area is 252 Å². The summed E-state index contributed by atoms with van der Waals surface area (Å²) in [5.74, 6) is -1.65. The van der Waals surface area contributed by atoms with E-state index in [0.717, 1.165) is 31.8 Å². The molecule has 13 nitrogen and oxygen atoms in total. The van der Waals surface area contributed by atoms with E-state index < -0.39 is 48.8 Å². The van der Waals surface area contributed by atoms with Crippen LogP contribution in [0.2, 0.25) is 0 Å². The quantitative estimate of drug-likeness (QED) is 0.0778. The normalized spacial score (nSPS) is 10.7. The highest BCUT2D eigenvalue weighted by Crippen LogP contribution is 2.08. The van der Waals surface area contributed by atoms with E-state index in [1.807, 2.05) is 0 Å². The van der Waals surface area contributed by atoms with Crippen molar-refractivity contribution in [3.63, 3.8) is 0 Å². The lowest BCUT2D eigenvalue weighted by Gasteiger charge is -2.11. The molecule has 0 aliphatic carbocycles. The summed E-state index contributed by atoms with van der Waals surface area (Å²) in [5.41, 5.74) is -2.66. The van der Waals surface area contributed by atoms with Crippen LogP contribution < -0.4 is 17.1 Å². The highest BCUT2D eigenvalue weighted by molar-refractivity contribution is 5.78. The van der Waals surface area contributed by atoms with E-state index in [4.69, 9.17) is 25.5 Å². The fraction of sp³-hybridized carbons (Fsp3) is 0.633. The second kappa shape index (κ2) is 28.6. The number of hydrogen-bond acceptors (Lipinski definition) is 8. The predicted octanol–water partition coefficient (Wildman–Crippen LogP) is 2.29. The summed E-state index contributed by atoms with van der Waals surface area (Å²) < 4.78 is 2.06. The summed E-state index contributed by atoms with van der Waals surface area (Å²) in [5, 5.41) is 42.5. The first kappa shape index (κ1) is 41.6. The molecule has 0 radical (unpaired) electrons. The second-order valence-corrected chi connectivity index (χ2v) is 9.39. The summed E-state index contributed by atoms with van der Waals surface area (Å²) in [6.45, 7) is 3.11. The first-order chi connectivity index (χ1) is 20.6. The van der Waals surface area contributed by atoms with Crippen molar-refractivity contribution in [2.45, 2.75) is 104 Å². The lowest BCUT2D eigenvalue weighted by atomic mass is 10.1. The van der Waals surface area contributed by atoms with Crippen molar-refractivity contribution >= 4 is 11.9 Å². The topological polar surface area (TPSA) is 201 Å². The number of carbonyl (C=O) groups is 2. The number of allylic oxidation sites excluding steroid dienone is 4. The minimum atomic E-state index is -0.981. The van der Waals surface area contributed by atoms with Crippen LogP contribution in [0.15, 0.2) is 51.3 Å². The lowest BCUT2D eigenvalue weighted by Crippen LogP contribution is -2.55. The Hall–Kier alpha value is -3.55. The maximum atomic E-state index is 11.8. The average Bonchev–Trinajstić information content (AvgIpc) is 2.98. The molecule has 0 fully saturated rings. The molecule has 1 aromatic rings. The third-order valence-electron chi connectivity index (χ3n) is 5.87. The Morgan fingerprint density at radius 3 is 1.37 bits per heavy atom. The van der Waals surface area contributed by atoms with Gasteiger partial charge in [0, 0.05) is 12.5 Å². The Morgan fingerprint density at radius 2 is 1.02 bits per heavy atom. The highest BCUT2D eigenvalue weighted by atomic mass is 16.4. The molecule has 0 aromatic carbocycles. The third kappa shape index (κ3) is 21.8. The van der Waals surface area contributed by atoms with Gasteiger partial charge in [-0.2, -0.15) is 0 Å². The van der Waals surface area contributed by atoms with Crippen LogP contribution in [0.25, 0.3) is 0 Å². The number of unbranched alkanes of at least 4 members (excludes halogenated alkanes) is 8. The second-order valence-electron chi connectivity index (χ2n) is 9.39. The molecule has 0 aliphatic rings. The van der Waals surface area contributed by atoms with Crippen molar-refractivity contribution in [2.75, 3.05) is 19.8 Å². The minimum Gasteiger partial charge on any atom is -0.481 e. The number of carboxylic acids is 2. The summed E-state index contributed by atoms with van der Waals surface area (Å²) in [6.07, 6.45) is 23.1. The van der Waals surface area contributed by atoms with E-state index in [2.05, 4.69) is 37.8 Å². The van der Waals surface area contributed by atoms with Crippen molar-refractivity contribution in [2.24, 2.45) is 0 Å². The van der Waals surface area contributed by atoms with Crippen LogP contribution in [0.4, 0.5) is 0 Å². The van der Waals surface area contributed by atoms with E-state index in [-0.39, 0.29) is 19.6 Å². The molecular formula is C30H51N3O10. The first-order valence-electron chi connectivity index (χ1n) is 14.8. The number of aliphatic hydroxyl groups is 3. The Balaban J connectivity index is 0. The molecule has 0 amide bonds. The number of aliphatic carboxylic acids is 2. The Kier molecular flexibility index (Phi) is 27.6. The van der Waals surface area contributed by atoms with Gasteiger partial charge in [0.15, 0.2) is 0 Å². The van der Waals surface area contributed by atoms with Gasteiger partial charge in [0.2, 0.25) is 0 Å². The van der Waals surface area contributed by atoms with Gasteiger partial charge < -0.3 is 25.5 Å². The molecule has 0 bridgehead atoms. The third-order valence-corrected chi connectivity index (χ3v) is 5.87. The van der Waals surface area contributed by atoms with Crippen LogP contribution in [0.5, 0.6) is 0 Å². The average molecular weight is 614 g/mol. The molecule has 0 unspecified atom stereocenters. The molecule has 5 N–H and O–H groups in total. The molecule has 0 spiro atoms. The van der Waals surface area contributed by atoms with Gasteiger partial charge in [0.1, 0.15) is 0 Å². The Bertz CT molecular complexity index is 1020. The van der Waals surface area contributed by atoms with E-state index in [9.17, 15) is 24.0 Å². The largest absolute Gasteiger partial charge is 0.481 e. The highest BCUT2D eigenvalue weighted by Gasteiger charge is 2.14. The summed E-state index contributed by atoms with van der Waals surface area (Å²) in [7, 11) is 0. The summed E-state index contributed by atoms with van der Waals surface area (Å²) >= 11 is 0. The maximum absolute atomic E-state index is 11.8. The molecule has 0 atom stereocenters. The summed E-state index contributed by atoms with van der Waals surface area (Å²) in [6, 6.07) is 0. The number of carboxylic acid groups (broad SMARTS) is 2. The van der Waals surface area contributed by atoms with Gasteiger partial charge in [0.05, 0.1) is 39.5 Å². The summed E-state index contributed by atoms with van der Waals surface area (Å²) in [4.78, 5) is 54.9. The van der Waals surface area contributed by atoms with Gasteiger partial charge in [-0.15, -0.1) is 0 Å². The monoisotopic (exact) mass is 613 g/mol. The lowest BCUT2D eigenvalue weighted by molar-refractivity contribution is -0.137. The van der Waals surface area contributed by atoms with E-state index in [1.54, 1.807) is 0 Å². The first-order valence-corrected chi connectivity index (χ1v) is 14.8. The van der Waals surface area contributed by atoms with Crippen LogP contribution in [0.1, 0.15) is 84.0 Å². The maximum Gasteiger partial charge on any atom is 0.336 e. The molecule has 1 rings (SSSR count). The molecule has 1 heterocycles. The van der Waals surface area contributed by atoms with Crippen molar-refractivity contribution in [3.05, 3.63) is 68.4 Å². The fourth-order valence-electron chi connectivity index (χ4n) is 3.64. The molecule has 13 heteroatoms. The zero-order valence-electron chi connectivity index (χ0n) is 25.4. The van der Waals surface area contributed by atoms with Crippen LogP contribution in [-0.2, 0) is 29.2 Å². The molecule has 0 saturated heterocycles. The molecular weight excluding hydrogens is 562 g/mol.